The van der Waals surface area contributed by atoms with Crippen molar-refractivity contribution in [3.8, 4) is 0 Å². The Balaban J connectivity index is 2.37. The predicted octanol–water partition coefficient (Wildman–Crippen LogP) is 1.45. The molecule has 0 unspecified atom stereocenters. The average Bonchev–Trinajstić information content (AvgIpc) is 2.68. The van der Waals surface area contributed by atoms with Gasteiger partial charge in [-0.3, -0.25) is 9.82 Å². The van der Waals surface area contributed by atoms with Crippen LogP contribution in [0.4, 0.5) is 11.5 Å². The number of rotatable bonds is 3. The summed E-state index contributed by atoms with van der Waals surface area (Å²) >= 11 is 5.85. The van der Waals surface area contributed by atoms with Gasteiger partial charge in [-0.1, -0.05) is 23.7 Å². The molecule has 1 heterocycles. The molecule has 0 aliphatic rings. The quantitative estimate of drug-likeness (QED) is 0.787. The Morgan fingerprint density at radius 1 is 1.35 bits per heavy atom. The van der Waals surface area contributed by atoms with Crippen molar-refractivity contribution < 1.29 is 8.42 Å². The van der Waals surface area contributed by atoms with Crippen LogP contribution in [0.3, 0.4) is 0 Å². The van der Waals surface area contributed by atoms with Gasteiger partial charge in [0.05, 0.1) is 16.9 Å². The molecular weight excluding hydrogens is 264 g/mol. The van der Waals surface area contributed by atoms with Gasteiger partial charge in [0.2, 0.25) is 0 Å². The summed E-state index contributed by atoms with van der Waals surface area (Å²) in [5.74, 6) is -0.0236. The van der Waals surface area contributed by atoms with Crippen molar-refractivity contribution in [1.82, 2.24) is 10.2 Å². The molecule has 0 aliphatic carbocycles. The minimum Gasteiger partial charge on any atom is -0.383 e. The van der Waals surface area contributed by atoms with Crippen LogP contribution in [-0.2, 0) is 10.0 Å². The van der Waals surface area contributed by atoms with Gasteiger partial charge in [0.15, 0.2) is 0 Å². The second-order valence-electron chi connectivity index (χ2n) is 3.23. The van der Waals surface area contributed by atoms with Gasteiger partial charge in [-0.05, 0) is 12.1 Å². The Morgan fingerprint density at radius 3 is 2.65 bits per heavy atom. The predicted molar refractivity (Wildman–Crippen MR) is 65.3 cm³/mol. The van der Waals surface area contributed by atoms with Gasteiger partial charge in [0, 0.05) is 0 Å². The van der Waals surface area contributed by atoms with Gasteiger partial charge in [0.25, 0.3) is 10.0 Å². The van der Waals surface area contributed by atoms with E-state index in [1.54, 1.807) is 24.3 Å². The summed E-state index contributed by atoms with van der Waals surface area (Å²) in [5, 5.41) is 6.20. The summed E-state index contributed by atoms with van der Waals surface area (Å²) in [4.78, 5) is -0.114. The second kappa shape index (κ2) is 4.27. The highest BCUT2D eigenvalue weighted by molar-refractivity contribution is 7.92. The average molecular weight is 273 g/mol. The molecule has 0 amide bonds. The summed E-state index contributed by atoms with van der Waals surface area (Å²) in [7, 11) is -3.78. The number of nitrogens with two attached hydrogens (primary N) is 1. The summed E-state index contributed by atoms with van der Waals surface area (Å²) in [6, 6.07) is 6.50. The summed E-state index contributed by atoms with van der Waals surface area (Å²) in [6.07, 6.45) is 1.13. The lowest BCUT2D eigenvalue weighted by Gasteiger charge is -2.08. The van der Waals surface area contributed by atoms with Crippen LogP contribution in [0.5, 0.6) is 0 Å². The normalized spacial score (nSPS) is 11.4. The molecule has 0 saturated carbocycles. The van der Waals surface area contributed by atoms with E-state index in [0.29, 0.717) is 5.02 Å². The Kier molecular flexibility index (Phi) is 2.95. The third-order valence-corrected chi connectivity index (χ3v) is 3.76. The number of sulfonamides is 1. The Hall–Kier alpha value is -1.73. The third-order valence-electron chi connectivity index (χ3n) is 2.04. The topological polar surface area (TPSA) is 101 Å². The Bertz CT molecular complexity index is 638. The van der Waals surface area contributed by atoms with Gasteiger partial charge < -0.3 is 5.73 Å². The first-order chi connectivity index (χ1) is 8.00. The van der Waals surface area contributed by atoms with Crippen LogP contribution >= 0.6 is 11.6 Å². The minimum atomic E-state index is -3.78. The number of H-pyrrole nitrogens is 1. The van der Waals surface area contributed by atoms with E-state index in [1.807, 2.05) is 0 Å². The molecule has 6 nitrogen and oxygen atoms in total. The maximum absolute atomic E-state index is 11.9. The standard InChI is InChI=1S/C9H9ClN4O2S/c10-6-3-1-2-4-7(6)14-17(15,16)8-5-12-13-9(8)11/h1-5,14H,(H3,11,12,13). The molecule has 0 atom stereocenters. The molecule has 1 aromatic heterocycles. The van der Waals surface area contributed by atoms with Crippen molar-refractivity contribution >= 4 is 33.1 Å². The first-order valence-electron chi connectivity index (χ1n) is 4.57. The molecule has 0 fully saturated rings. The molecule has 90 valence electrons. The Morgan fingerprint density at radius 2 is 2.06 bits per heavy atom. The monoisotopic (exact) mass is 272 g/mol. The zero-order valence-corrected chi connectivity index (χ0v) is 10.1. The first-order valence-corrected chi connectivity index (χ1v) is 6.43. The lowest BCUT2D eigenvalue weighted by atomic mass is 10.3. The zero-order valence-electron chi connectivity index (χ0n) is 8.51. The molecule has 0 spiro atoms. The number of hydrogen-bond donors (Lipinski definition) is 3. The number of anilines is 2. The van der Waals surface area contributed by atoms with E-state index in [1.165, 1.54) is 0 Å². The number of nitrogen functional groups attached to an aromatic ring is 1. The summed E-state index contributed by atoms with van der Waals surface area (Å²) in [6.45, 7) is 0. The van der Waals surface area contributed by atoms with Crippen LogP contribution in [0.1, 0.15) is 0 Å². The fraction of sp³-hybridized carbons (Fsp3) is 0. The Labute approximate surface area is 103 Å². The highest BCUT2D eigenvalue weighted by Crippen LogP contribution is 2.25. The van der Waals surface area contributed by atoms with Crippen molar-refractivity contribution in [1.29, 1.82) is 0 Å². The molecule has 0 bridgehead atoms. The van der Waals surface area contributed by atoms with Crippen molar-refractivity contribution in [2.45, 2.75) is 4.90 Å². The number of aromatic amines is 1. The van der Waals surface area contributed by atoms with E-state index >= 15 is 0 Å². The first kappa shape index (κ1) is 11.7. The maximum Gasteiger partial charge on any atom is 0.267 e. The summed E-state index contributed by atoms with van der Waals surface area (Å²) < 4.78 is 26.2. The van der Waals surface area contributed by atoms with Crippen LogP contribution < -0.4 is 10.5 Å². The molecular formula is C9H9ClN4O2S. The van der Waals surface area contributed by atoms with Crippen LogP contribution in [0.25, 0.3) is 0 Å². The van der Waals surface area contributed by atoms with Crippen LogP contribution in [0.15, 0.2) is 35.4 Å². The summed E-state index contributed by atoms with van der Waals surface area (Å²) in [5.41, 5.74) is 5.73. The number of hydrogen-bond acceptors (Lipinski definition) is 4. The molecule has 8 heteroatoms. The zero-order chi connectivity index (χ0) is 12.5. The van der Waals surface area contributed by atoms with Crippen molar-refractivity contribution in [3.05, 3.63) is 35.5 Å². The van der Waals surface area contributed by atoms with E-state index in [9.17, 15) is 8.42 Å². The number of nitrogens with zero attached hydrogens (tertiary/aromatic N) is 1. The van der Waals surface area contributed by atoms with E-state index in [4.69, 9.17) is 17.3 Å². The lowest BCUT2D eigenvalue weighted by molar-refractivity contribution is 0.601. The number of benzene rings is 1. The van der Waals surface area contributed by atoms with Gasteiger partial charge in [0.1, 0.15) is 10.7 Å². The number of aromatic nitrogens is 2. The van der Waals surface area contributed by atoms with Crippen molar-refractivity contribution in [3.63, 3.8) is 0 Å². The van der Waals surface area contributed by atoms with E-state index < -0.39 is 10.0 Å². The minimum absolute atomic E-state index is 0.0236. The fourth-order valence-corrected chi connectivity index (χ4v) is 2.59. The highest BCUT2D eigenvalue weighted by atomic mass is 35.5. The van der Waals surface area contributed by atoms with E-state index in [2.05, 4.69) is 14.9 Å². The van der Waals surface area contributed by atoms with Crippen molar-refractivity contribution in [2.24, 2.45) is 0 Å². The molecule has 2 aromatic rings. The molecule has 0 radical (unpaired) electrons. The molecule has 0 saturated heterocycles. The maximum atomic E-state index is 11.9. The van der Waals surface area contributed by atoms with Gasteiger partial charge in [-0.2, -0.15) is 5.10 Å². The molecule has 17 heavy (non-hydrogen) atoms. The molecule has 1 aromatic carbocycles. The highest BCUT2D eigenvalue weighted by Gasteiger charge is 2.20. The number of nitrogens with one attached hydrogen (secondary N) is 2. The number of para-hydroxylation sites is 1. The molecule has 2 rings (SSSR count). The van der Waals surface area contributed by atoms with E-state index in [-0.39, 0.29) is 16.4 Å². The number of halogens is 1. The smallest absolute Gasteiger partial charge is 0.267 e. The van der Waals surface area contributed by atoms with Gasteiger partial charge >= 0.3 is 0 Å². The molecule has 4 N–H and O–H groups in total. The van der Waals surface area contributed by atoms with Crippen molar-refractivity contribution in [2.75, 3.05) is 10.5 Å². The van der Waals surface area contributed by atoms with Crippen LogP contribution in [0.2, 0.25) is 5.02 Å². The largest absolute Gasteiger partial charge is 0.383 e. The third kappa shape index (κ3) is 2.34. The fourth-order valence-electron chi connectivity index (χ4n) is 1.24. The van der Waals surface area contributed by atoms with Crippen LogP contribution in [0, 0.1) is 0 Å². The van der Waals surface area contributed by atoms with Gasteiger partial charge in [-0.25, -0.2) is 8.42 Å². The lowest BCUT2D eigenvalue weighted by Crippen LogP contribution is -2.14. The van der Waals surface area contributed by atoms with Gasteiger partial charge in [-0.15, -0.1) is 0 Å². The van der Waals surface area contributed by atoms with Crippen LogP contribution in [-0.4, -0.2) is 18.6 Å². The SMILES string of the molecule is Nc1[nH]ncc1S(=O)(=O)Nc1ccccc1Cl. The molecule has 0 aliphatic heterocycles. The second-order valence-corrected chi connectivity index (χ2v) is 5.29. The van der Waals surface area contributed by atoms with E-state index in [0.717, 1.165) is 6.20 Å².